The van der Waals surface area contributed by atoms with Gasteiger partial charge in [-0.25, -0.2) is 4.79 Å². The Morgan fingerprint density at radius 2 is 1.93 bits per heavy atom. The van der Waals surface area contributed by atoms with Crippen molar-refractivity contribution in [1.82, 2.24) is 15.5 Å². The summed E-state index contributed by atoms with van der Waals surface area (Å²) >= 11 is 0. The van der Waals surface area contributed by atoms with Crippen molar-refractivity contribution in [3.8, 4) is 0 Å². The molecule has 6 nitrogen and oxygen atoms in total. The lowest BCUT2D eigenvalue weighted by Crippen LogP contribution is -2.44. The van der Waals surface area contributed by atoms with Gasteiger partial charge in [-0.05, 0) is 37.5 Å². The highest BCUT2D eigenvalue weighted by molar-refractivity contribution is 6.07. The minimum absolute atomic E-state index is 0.0928. The van der Waals surface area contributed by atoms with Gasteiger partial charge in [0.25, 0.3) is 11.8 Å². The smallest absolute Gasteiger partial charge is 0.352 e. The first-order valence-corrected chi connectivity index (χ1v) is 8.82. The number of hydrogen-bond donors (Lipinski definition) is 2. The van der Waals surface area contributed by atoms with Crippen molar-refractivity contribution < 1.29 is 27.6 Å². The fraction of sp³-hybridized carbons (Fsp3) is 0.500. The lowest BCUT2D eigenvalue weighted by atomic mass is 9.98. The number of imide groups is 1. The second-order valence-electron chi connectivity index (χ2n) is 6.86. The molecule has 2 aliphatic rings. The van der Waals surface area contributed by atoms with Crippen molar-refractivity contribution in [2.24, 2.45) is 0 Å². The van der Waals surface area contributed by atoms with Crippen molar-refractivity contribution in [3.05, 3.63) is 35.4 Å². The van der Waals surface area contributed by atoms with Crippen molar-refractivity contribution >= 4 is 17.8 Å². The number of carbonyl (C=O) groups excluding carboxylic acids is 3. The van der Waals surface area contributed by atoms with E-state index in [0.29, 0.717) is 19.3 Å². The molecule has 1 aliphatic heterocycles. The quantitative estimate of drug-likeness (QED) is 0.606. The average Bonchev–Trinajstić information content (AvgIpc) is 3.18. The van der Waals surface area contributed by atoms with Crippen LogP contribution in [-0.4, -0.2) is 41.4 Å². The number of hydrogen-bond acceptors (Lipinski definition) is 3. The summed E-state index contributed by atoms with van der Waals surface area (Å²) in [7, 11) is 0. The monoisotopic (exact) mass is 383 g/mol. The highest BCUT2D eigenvalue weighted by atomic mass is 19.4. The number of urea groups is 1. The van der Waals surface area contributed by atoms with Gasteiger partial charge in [0.15, 0.2) is 0 Å². The molecule has 0 radical (unpaired) electrons. The van der Waals surface area contributed by atoms with Gasteiger partial charge in [0.1, 0.15) is 5.54 Å². The second-order valence-corrected chi connectivity index (χ2v) is 6.86. The van der Waals surface area contributed by atoms with Crippen molar-refractivity contribution in [2.45, 2.75) is 43.8 Å². The number of nitrogens with one attached hydrogen (secondary N) is 2. The molecule has 0 unspecified atom stereocenters. The van der Waals surface area contributed by atoms with Crippen LogP contribution in [0.2, 0.25) is 0 Å². The lowest BCUT2D eigenvalue weighted by Gasteiger charge is -2.20. The molecule has 1 saturated carbocycles. The number of amides is 4. The van der Waals surface area contributed by atoms with Crippen molar-refractivity contribution in [1.29, 1.82) is 0 Å². The first-order valence-electron chi connectivity index (χ1n) is 8.82. The molecule has 0 aromatic heterocycles. The van der Waals surface area contributed by atoms with Gasteiger partial charge < -0.3 is 10.6 Å². The van der Waals surface area contributed by atoms with Gasteiger partial charge >= 0.3 is 12.2 Å². The van der Waals surface area contributed by atoms with Crippen LogP contribution in [-0.2, 0) is 11.0 Å². The second kappa shape index (κ2) is 7.21. The van der Waals surface area contributed by atoms with E-state index < -0.39 is 29.2 Å². The van der Waals surface area contributed by atoms with Gasteiger partial charge in [0.2, 0.25) is 0 Å². The molecule has 9 heteroatoms. The Balaban J connectivity index is 1.50. The zero-order valence-electron chi connectivity index (χ0n) is 14.6. The van der Waals surface area contributed by atoms with Crippen molar-refractivity contribution in [2.75, 3.05) is 13.1 Å². The maximum absolute atomic E-state index is 12.7. The fourth-order valence-electron chi connectivity index (χ4n) is 3.57. The van der Waals surface area contributed by atoms with E-state index in [9.17, 15) is 27.6 Å². The summed E-state index contributed by atoms with van der Waals surface area (Å²) in [6, 6.07) is 3.73. The van der Waals surface area contributed by atoms with Crippen LogP contribution in [0.3, 0.4) is 0 Å². The van der Waals surface area contributed by atoms with Gasteiger partial charge in [-0.15, -0.1) is 0 Å². The van der Waals surface area contributed by atoms with E-state index in [2.05, 4.69) is 10.6 Å². The van der Waals surface area contributed by atoms with Gasteiger partial charge in [-0.1, -0.05) is 18.9 Å². The highest BCUT2D eigenvalue weighted by Gasteiger charge is 2.51. The van der Waals surface area contributed by atoms with Gasteiger partial charge in [0, 0.05) is 18.7 Å². The number of nitrogens with zero attached hydrogens (tertiary/aromatic N) is 1. The van der Waals surface area contributed by atoms with E-state index in [1.54, 1.807) is 0 Å². The molecule has 1 aromatic rings. The fourth-order valence-corrected chi connectivity index (χ4v) is 3.57. The Labute approximate surface area is 154 Å². The topological polar surface area (TPSA) is 78.5 Å². The third-order valence-electron chi connectivity index (χ3n) is 5.00. The van der Waals surface area contributed by atoms with Gasteiger partial charge in [-0.3, -0.25) is 14.5 Å². The zero-order chi connectivity index (χ0) is 19.7. The predicted octanol–water partition coefficient (Wildman–Crippen LogP) is 2.69. The van der Waals surface area contributed by atoms with Crippen LogP contribution in [0.5, 0.6) is 0 Å². The summed E-state index contributed by atoms with van der Waals surface area (Å²) in [6.07, 6.45) is -1.13. The summed E-state index contributed by atoms with van der Waals surface area (Å²) in [4.78, 5) is 37.7. The van der Waals surface area contributed by atoms with E-state index in [-0.39, 0.29) is 24.6 Å². The largest absolute Gasteiger partial charge is 0.416 e. The van der Waals surface area contributed by atoms with Crippen LogP contribution in [0, 0.1) is 0 Å². The Hall–Kier alpha value is -2.58. The maximum Gasteiger partial charge on any atom is 0.416 e. The number of alkyl halides is 3. The summed E-state index contributed by atoms with van der Waals surface area (Å²) in [6.45, 7) is 0.286. The molecule has 27 heavy (non-hydrogen) atoms. The molecule has 4 amide bonds. The normalized spacial score (nSPS) is 18.9. The summed E-state index contributed by atoms with van der Waals surface area (Å²) in [5, 5.41) is 5.28. The minimum Gasteiger partial charge on any atom is -0.352 e. The predicted molar refractivity (Wildman–Crippen MR) is 89.8 cm³/mol. The molecule has 2 fully saturated rings. The molecular formula is C18H20F3N3O3. The molecule has 2 N–H and O–H groups in total. The number of rotatable bonds is 5. The first-order chi connectivity index (χ1) is 12.7. The Kier molecular flexibility index (Phi) is 5.12. The van der Waals surface area contributed by atoms with Crippen LogP contribution >= 0.6 is 0 Å². The van der Waals surface area contributed by atoms with Gasteiger partial charge in [-0.2, -0.15) is 13.2 Å². The zero-order valence-corrected chi connectivity index (χ0v) is 14.6. The molecule has 146 valence electrons. The SMILES string of the molecule is O=C(NCCCN1C(=O)NC2(CCCC2)C1=O)c1cccc(C(F)(F)F)c1. The van der Waals surface area contributed by atoms with E-state index in [1.165, 1.54) is 12.1 Å². The molecule has 3 rings (SSSR count). The van der Waals surface area contributed by atoms with E-state index >= 15 is 0 Å². The molecule has 0 atom stereocenters. The van der Waals surface area contributed by atoms with Gasteiger partial charge in [0.05, 0.1) is 5.56 Å². The van der Waals surface area contributed by atoms with Crippen LogP contribution < -0.4 is 10.6 Å². The van der Waals surface area contributed by atoms with E-state index in [1.807, 2.05) is 0 Å². The number of halogens is 3. The molecule has 0 bridgehead atoms. The molecule has 1 saturated heterocycles. The van der Waals surface area contributed by atoms with Crippen LogP contribution in [0.4, 0.5) is 18.0 Å². The summed E-state index contributed by atoms with van der Waals surface area (Å²) in [5.74, 6) is -0.861. The van der Waals surface area contributed by atoms with Crippen LogP contribution in [0.15, 0.2) is 24.3 Å². The number of carbonyl (C=O) groups is 3. The summed E-state index contributed by atoms with van der Waals surface area (Å²) in [5.41, 5.74) is -1.75. The maximum atomic E-state index is 12.7. The Bertz CT molecular complexity index is 758. The van der Waals surface area contributed by atoms with E-state index in [0.717, 1.165) is 29.9 Å². The number of benzene rings is 1. The van der Waals surface area contributed by atoms with Crippen LogP contribution in [0.25, 0.3) is 0 Å². The molecular weight excluding hydrogens is 363 g/mol. The average molecular weight is 383 g/mol. The van der Waals surface area contributed by atoms with Crippen molar-refractivity contribution in [3.63, 3.8) is 0 Å². The standard InChI is InChI=1S/C18H20F3N3O3/c19-18(20,21)13-6-3-5-12(11-13)14(25)22-9-4-10-24-15(26)17(23-16(24)27)7-1-2-8-17/h3,5-6,11H,1-2,4,7-10H2,(H,22,25)(H,23,27). The molecule has 1 aromatic carbocycles. The Morgan fingerprint density at radius 1 is 1.22 bits per heavy atom. The molecule has 1 spiro atoms. The molecule has 1 heterocycles. The molecule has 1 aliphatic carbocycles. The van der Waals surface area contributed by atoms with Crippen LogP contribution in [0.1, 0.15) is 48.0 Å². The third kappa shape index (κ3) is 3.91. The first kappa shape index (κ1) is 19.2. The highest BCUT2D eigenvalue weighted by Crippen LogP contribution is 2.35. The third-order valence-corrected chi connectivity index (χ3v) is 5.00. The Morgan fingerprint density at radius 3 is 2.59 bits per heavy atom. The van der Waals surface area contributed by atoms with E-state index in [4.69, 9.17) is 0 Å². The lowest BCUT2D eigenvalue weighted by molar-refractivity contribution is -0.137. The minimum atomic E-state index is -4.52. The summed E-state index contributed by atoms with van der Waals surface area (Å²) < 4.78 is 38.1.